The lowest BCUT2D eigenvalue weighted by Crippen LogP contribution is -2.19. The number of hydrogen-bond donors (Lipinski definition) is 1. The fourth-order valence-corrected chi connectivity index (χ4v) is 4.50. The Morgan fingerprint density at radius 3 is 2.50 bits per heavy atom. The van der Waals surface area contributed by atoms with Crippen molar-refractivity contribution >= 4 is 57.0 Å². The van der Waals surface area contributed by atoms with Gasteiger partial charge in [0.05, 0.1) is 22.7 Å². The van der Waals surface area contributed by atoms with E-state index in [9.17, 15) is 4.79 Å². The quantitative estimate of drug-likeness (QED) is 0.207. The average molecular weight is 486 g/mol. The van der Waals surface area contributed by atoms with Gasteiger partial charge in [-0.05, 0) is 40.1 Å². The van der Waals surface area contributed by atoms with Crippen molar-refractivity contribution in [2.24, 2.45) is 5.10 Å². The maximum atomic E-state index is 12.6. The van der Waals surface area contributed by atoms with E-state index >= 15 is 0 Å². The van der Waals surface area contributed by atoms with Crippen molar-refractivity contribution < 1.29 is 4.79 Å². The first-order valence-electron chi connectivity index (χ1n) is 10.9. The second kappa shape index (κ2) is 9.72. The number of aromatic nitrogens is 1. The Balaban J connectivity index is 1.33. The third-order valence-electron chi connectivity index (χ3n) is 5.78. The number of carbonyl (C=O) groups excluding carboxylic acids is 1. The van der Waals surface area contributed by atoms with E-state index in [1.807, 2.05) is 79.0 Å². The number of halogens is 2. The molecule has 0 aliphatic heterocycles. The monoisotopic (exact) mass is 485 g/mol. The van der Waals surface area contributed by atoms with E-state index in [-0.39, 0.29) is 12.3 Å². The van der Waals surface area contributed by atoms with Crippen molar-refractivity contribution in [1.82, 2.24) is 9.99 Å². The van der Waals surface area contributed by atoms with Crippen molar-refractivity contribution in [3.63, 3.8) is 0 Å². The topological polar surface area (TPSA) is 46.4 Å². The van der Waals surface area contributed by atoms with Gasteiger partial charge in [0.25, 0.3) is 0 Å². The molecular weight excluding hydrogens is 465 g/mol. The van der Waals surface area contributed by atoms with Crippen LogP contribution in [0.3, 0.4) is 0 Å². The van der Waals surface area contributed by atoms with Gasteiger partial charge >= 0.3 is 0 Å². The number of nitrogens with one attached hydrogen (secondary N) is 1. The molecule has 0 radical (unpaired) electrons. The Morgan fingerprint density at radius 2 is 1.65 bits per heavy atom. The molecule has 1 amide bonds. The molecule has 0 spiro atoms. The summed E-state index contributed by atoms with van der Waals surface area (Å²) in [6.07, 6.45) is 3.97. The van der Waals surface area contributed by atoms with Crippen molar-refractivity contribution in [3.8, 4) is 0 Å². The zero-order valence-electron chi connectivity index (χ0n) is 18.2. The summed E-state index contributed by atoms with van der Waals surface area (Å²) in [5.74, 6) is -0.160. The lowest BCUT2D eigenvalue weighted by molar-refractivity contribution is -0.120. The average Bonchev–Trinajstić information content (AvgIpc) is 3.19. The van der Waals surface area contributed by atoms with Crippen molar-refractivity contribution in [2.45, 2.75) is 13.0 Å². The van der Waals surface area contributed by atoms with E-state index in [0.717, 1.165) is 38.4 Å². The van der Waals surface area contributed by atoms with Crippen LogP contribution in [0.25, 0.3) is 21.7 Å². The second-order valence-corrected chi connectivity index (χ2v) is 8.90. The van der Waals surface area contributed by atoms with E-state index in [4.69, 9.17) is 23.2 Å². The summed E-state index contributed by atoms with van der Waals surface area (Å²) in [4.78, 5) is 12.6. The summed E-state index contributed by atoms with van der Waals surface area (Å²) in [6, 6.07) is 27.8. The molecule has 4 aromatic carbocycles. The van der Waals surface area contributed by atoms with Crippen LogP contribution in [0.4, 0.5) is 0 Å². The number of fused-ring (bicyclic) bond motifs is 2. The number of hydrogen-bond acceptors (Lipinski definition) is 2. The molecule has 34 heavy (non-hydrogen) atoms. The summed E-state index contributed by atoms with van der Waals surface area (Å²) in [6.45, 7) is 0.638. The van der Waals surface area contributed by atoms with Crippen LogP contribution in [0.15, 0.2) is 96.2 Å². The fraction of sp³-hybridized carbons (Fsp3) is 0.0714. The zero-order valence-corrected chi connectivity index (χ0v) is 19.7. The van der Waals surface area contributed by atoms with Gasteiger partial charge in [-0.2, -0.15) is 5.10 Å². The maximum Gasteiger partial charge on any atom is 0.244 e. The molecule has 5 rings (SSSR count). The molecule has 6 heteroatoms. The molecule has 0 aliphatic rings. The highest BCUT2D eigenvalue weighted by molar-refractivity contribution is 6.42. The highest BCUT2D eigenvalue weighted by Gasteiger charge is 2.09. The normalized spacial score (nSPS) is 11.5. The minimum Gasteiger partial charge on any atom is -0.342 e. The smallest absolute Gasteiger partial charge is 0.244 e. The number of rotatable bonds is 6. The molecule has 0 aliphatic carbocycles. The Labute approximate surface area is 207 Å². The third-order valence-corrected chi connectivity index (χ3v) is 6.52. The van der Waals surface area contributed by atoms with Crippen LogP contribution in [-0.2, 0) is 17.8 Å². The molecule has 1 heterocycles. The van der Waals surface area contributed by atoms with Crippen LogP contribution >= 0.6 is 23.2 Å². The zero-order chi connectivity index (χ0) is 23.5. The molecule has 5 aromatic rings. The molecule has 0 atom stereocenters. The summed E-state index contributed by atoms with van der Waals surface area (Å²) < 4.78 is 2.13. The number of amides is 1. The Hall–Kier alpha value is -3.60. The van der Waals surface area contributed by atoms with Crippen LogP contribution in [0.5, 0.6) is 0 Å². The first-order chi connectivity index (χ1) is 16.6. The van der Waals surface area contributed by atoms with Crippen molar-refractivity contribution in [2.75, 3.05) is 0 Å². The summed E-state index contributed by atoms with van der Waals surface area (Å²) in [5.41, 5.74) is 6.67. The number of para-hydroxylation sites is 1. The standard InChI is InChI=1S/C28H21Cl2N3O/c29-25-13-12-19(14-26(25)30)17-33-18-22(24-10-3-4-11-27(24)33)16-31-32-28(34)15-21-8-5-7-20-6-1-2-9-23(20)21/h1-14,16,18H,15,17H2,(H,32,34)/b31-16-. The molecule has 0 saturated heterocycles. The Bertz CT molecular complexity index is 1530. The Kier molecular flexibility index (Phi) is 6.35. The van der Waals surface area contributed by atoms with E-state index < -0.39 is 0 Å². The Morgan fingerprint density at radius 1 is 0.882 bits per heavy atom. The van der Waals surface area contributed by atoms with Gasteiger partial charge in [-0.1, -0.05) is 89.9 Å². The van der Waals surface area contributed by atoms with Crippen molar-refractivity contribution in [1.29, 1.82) is 0 Å². The van der Waals surface area contributed by atoms with E-state index in [1.54, 1.807) is 12.3 Å². The molecule has 1 aromatic heterocycles. The van der Waals surface area contributed by atoms with Gasteiger partial charge in [-0.3, -0.25) is 4.79 Å². The molecular formula is C28H21Cl2N3O. The van der Waals surface area contributed by atoms with Crippen LogP contribution in [-0.4, -0.2) is 16.7 Å². The van der Waals surface area contributed by atoms with E-state index in [0.29, 0.717) is 16.6 Å². The van der Waals surface area contributed by atoms with Gasteiger partial charge in [0.2, 0.25) is 5.91 Å². The first kappa shape index (κ1) is 22.2. The second-order valence-electron chi connectivity index (χ2n) is 8.09. The third kappa shape index (κ3) is 4.69. The predicted molar refractivity (Wildman–Crippen MR) is 141 cm³/mol. The lowest BCUT2D eigenvalue weighted by Gasteiger charge is -2.06. The van der Waals surface area contributed by atoms with E-state index in [1.165, 1.54) is 0 Å². The van der Waals surface area contributed by atoms with Crippen LogP contribution < -0.4 is 5.43 Å². The number of carbonyl (C=O) groups is 1. The molecule has 168 valence electrons. The van der Waals surface area contributed by atoms with Gasteiger partial charge in [0.1, 0.15) is 0 Å². The molecule has 0 saturated carbocycles. The fourth-order valence-electron chi connectivity index (χ4n) is 4.18. The number of nitrogens with zero attached hydrogens (tertiary/aromatic N) is 2. The summed E-state index contributed by atoms with van der Waals surface area (Å²) in [7, 11) is 0. The van der Waals surface area contributed by atoms with Gasteiger partial charge in [0, 0.05) is 29.2 Å². The highest BCUT2D eigenvalue weighted by atomic mass is 35.5. The molecule has 0 unspecified atom stereocenters. The summed E-state index contributed by atoms with van der Waals surface area (Å²) in [5, 5.41) is 8.55. The first-order valence-corrected chi connectivity index (χ1v) is 11.6. The molecule has 0 bridgehead atoms. The van der Waals surface area contributed by atoms with E-state index in [2.05, 4.69) is 21.2 Å². The number of benzene rings is 4. The highest BCUT2D eigenvalue weighted by Crippen LogP contribution is 2.25. The SMILES string of the molecule is O=C(Cc1cccc2ccccc12)N/N=C\c1cn(Cc2ccc(Cl)c(Cl)c2)c2ccccc12. The predicted octanol–water partition coefficient (Wildman–Crippen LogP) is 6.84. The number of hydrazone groups is 1. The summed E-state index contributed by atoms with van der Waals surface area (Å²) >= 11 is 12.2. The maximum absolute atomic E-state index is 12.6. The van der Waals surface area contributed by atoms with Crippen LogP contribution in [0.1, 0.15) is 16.7 Å². The van der Waals surface area contributed by atoms with Crippen molar-refractivity contribution in [3.05, 3.63) is 118 Å². The molecule has 1 N–H and O–H groups in total. The minimum absolute atomic E-state index is 0.160. The molecule has 0 fully saturated rings. The van der Waals surface area contributed by atoms with Gasteiger partial charge in [0.15, 0.2) is 0 Å². The van der Waals surface area contributed by atoms with Gasteiger partial charge < -0.3 is 4.57 Å². The minimum atomic E-state index is -0.160. The van der Waals surface area contributed by atoms with Crippen LogP contribution in [0.2, 0.25) is 10.0 Å². The van der Waals surface area contributed by atoms with Gasteiger partial charge in [-0.25, -0.2) is 5.43 Å². The largest absolute Gasteiger partial charge is 0.342 e. The van der Waals surface area contributed by atoms with Gasteiger partial charge in [-0.15, -0.1) is 0 Å². The molecule has 4 nitrogen and oxygen atoms in total. The lowest BCUT2D eigenvalue weighted by atomic mass is 10.0. The van der Waals surface area contributed by atoms with Crippen LogP contribution in [0, 0.1) is 0 Å².